The van der Waals surface area contributed by atoms with Gasteiger partial charge in [0.05, 0.1) is 24.0 Å². The fourth-order valence-corrected chi connectivity index (χ4v) is 2.43. The zero-order valence-corrected chi connectivity index (χ0v) is 12.3. The molecule has 1 aliphatic heterocycles. The molecule has 0 amide bonds. The average Bonchev–Trinajstić information content (AvgIpc) is 3.17. The van der Waals surface area contributed by atoms with E-state index in [9.17, 15) is 0 Å². The minimum atomic E-state index is 0.228. The molecule has 1 aromatic heterocycles. The largest absolute Gasteiger partial charge is 0.489 e. The summed E-state index contributed by atoms with van der Waals surface area (Å²) in [6.07, 6.45) is 4.20. The Morgan fingerprint density at radius 3 is 3.14 bits per heavy atom. The van der Waals surface area contributed by atoms with E-state index in [1.54, 1.807) is 6.20 Å². The fraction of sp³-hybridized carbons (Fsp3) is 0.438. The smallest absolute Gasteiger partial charge is 0.142 e. The van der Waals surface area contributed by atoms with Gasteiger partial charge >= 0.3 is 0 Å². The van der Waals surface area contributed by atoms with Gasteiger partial charge < -0.3 is 14.8 Å². The molecule has 2 heterocycles. The summed E-state index contributed by atoms with van der Waals surface area (Å²) in [4.78, 5) is 0. The van der Waals surface area contributed by atoms with Crippen molar-refractivity contribution in [1.29, 1.82) is 0 Å². The summed E-state index contributed by atoms with van der Waals surface area (Å²) >= 11 is 0. The van der Waals surface area contributed by atoms with Gasteiger partial charge in [0.2, 0.25) is 0 Å². The van der Waals surface area contributed by atoms with Gasteiger partial charge in [0, 0.05) is 12.8 Å². The first-order valence-corrected chi connectivity index (χ1v) is 7.38. The molecule has 2 aromatic rings. The maximum absolute atomic E-state index is 5.96. The van der Waals surface area contributed by atoms with Crippen molar-refractivity contribution in [3.8, 4) is 5.75 Å². The third-order valence-corrected chi connectivity index (χ3v) is 3.61. The van der Waals surface area contributed by atoms with Crippen molar-refractivity contribution in [3.63, 3.8) is 0 Å². The van der Waals surface area contributed by atoms with E-state index in [0.717, 1.165) is 36.6 Å². The van der Waals surface area contributed by atoms with Crippen LogP contribution in [0.5, 0.6) is 5.75 Å². The van der Waals surface area contributed by atoms with Crippen LogP contribution in [0.4, 0.5) is 5.69 Å². The lowest BCUT2D eigenvalue weighted by Crippen LogP contribution is -2.17. The molecular formula is C16H21N3O2. The Morgan fingerprint density at radius 2 is 2.38 bits per heavy atom. The monoisotopic (exact) mass is 287 g/mol. The van der Waals surface area contributed by atoms with Crippen molar-refractivity contribution in [1.82, 2.24) is 10.2 Å². The van der Waals surface area contributed by atoms with Gasteiger partial charge in [-0.15, -0.1) is 0 Å². The first-order valence-electron chi connectivity index (χ1n) is 7.38. The Balaban J connectivity index is 1.64. The average molecular weight is 287 g/mol. The predicted octanol–water partition coefficient (Wildman–Crippen LogP) is 2.89. The van der Waals surface area contributed by atoms with E-state index < -0.39 is 0 Å². The number of H-pyrrole nitrogens is 1. The van der Waals surface area contributed by atoms with Gasteiger partial charge in [0.15, 0.2) is 0 Å². The lowest BCUT2D eigenvalue weighted by atomic mass is 10.2. The maximum Gasteiger partial charge on any atom is 0.142 e. The van der Waals surface area contributed by atoms with E-state index in [2.05, 4.69) is 40.6 Å². The fourth-order valence-electron chi connectivity index (χ4n) is 2.43. The molecule has 1 saturated heterocycles. The molecule has 1 atom stereocenters. The highest BCUT2D eigenvalue weighted by Crippen LogP contribution is 2.27. The van der Waals surface area contributed by atoms with Crippen LogP contribution in [0.2, 0.25) is 0 Å². The predicted molar refractivity (Wildman–Crippen MR) is 81.6 cm³/mol. The van der Waals surface area contributed by atoms with E-state index >= 15 is 0 Å². The molecule has 0 bridgehead atoms. The second-order valence-electron chi connectivity index (χ2n) is 5.38. The zero-order chi connectivity index (χ0) is 14.5. The van der Waals surface area contributed by atoms with E-state index in [-0.39, 0.29) is 6.10 Å². The number of aryl methyl sites for hydroxylation is 1. The second kappa shape index (κ2) is 6.63. The van der Waals surface area contributed by atoms with Gasteiger partial charge in [-0.3, -0.25) is 5.10 Å². The zero-order valence-electron chi connectivity index (χ0n) is 12.3. The van der Waals surface area contributed by atoms with Crippen LogP contribution >= 0.6 is 0 Å². The summed E-state index contributed by atoms with van der Waals surface area (Å²) in [7, 11) is 0. The molecule has 21 heavy (non-hydrogen) atoms. The summed E-state index contributed by atoms with van der Waals surface area (Å²) in [5.41, 5.74) is 3.22. The van der Waals surface area contributed by atoms with Crippen molar-refractivity contribution in [3.05, 3.63) is 41.7 Å². The molecule has 2 N–H and O–H groups in total. The van der Waals surface area contributed by atoms with Gasteiger partial charge in [0.1, 0.15) is 12.4 Å². The molecule has 0 spiro atoms. The third-order valence-electron chi connectivity index (χ3n) is 3.61. The number of nitrogens with one attached hydrogen (secondary N) is 2. The molecule has 112 valence electrons. The molecular weight excluding hydrogens is 266 g/mol. The van der Waals surface area contributed by atoms with Crippen LogP contribution in [0.3, 0.4) is 0 Å². The second-order valence-corrected chi connectivity index (χ2v) is 5.38. The number of nitrogens with zero attached hydrogens (tertiary/aromatic N) is 1. The van der Waals surface area contributed by atoms with Crippen LogP contribution in [0.15, 0.2) is 30.5 Å². The number of hydrogen-bond donors (Lipinski definition) is 2. The van der Waals surface area contributed by atoms with Crippen LogP contribution in [0.1, 0.15) is 24.1 Å². The summed E-state index contributed by atoms with van der Waals surface area (Å²) in [5.74, 6) is 0.880. The number of aromatic amines is 1. The Morgan fingerprint density at radius 1 is 1.43 bits per heavy atom. The number of aromatic nitrogens is 2. The quantitative estimate of drug-likeness (QED) is 0.857. The number of ether oxygens (including phenoxy) is 2. The summed E-state index contributed by atoms with van der Waals surface area (Å²) in [6.45, 7) is 4.23. The molecule has 0 radical (unpaired) electrons. The molecule has 3 rings (SSSR count). The van der Waals surface area contributed by atoms with Crippen LogP contribution in [0.25, 0.3) is 0 Å². The molecule has 0 unspecified atom stereocenters. The van der Waals surface area contributed by atoms with E-state index in [1.807, 2.05) is 6.07 Å². The van der Waals surface area contributed by atoms with Gasteiger partial charge in [0.25, 0.3) is 0 Å². The Labute approximate surface area is 124 Å². The van der Waals surface area contributed by atoms with Crippen molar-refractivity contribution < 1.29 is 9.47 Å². The normalized spacial score (nSPS) is 17.9. The van der Waals surface area contributed by atoms with Gasteiger partial charge in [-0.25, -0.2) is 0 Å². The first kappa shape index (κ1) is 13.9. The van der Waals surface area contributed by atoms with Gasteiger partial charge in [-0.05, 0) is 43.5 Å². The summed E-state index contributed by atoms with van der Waals surface area (Å²) < 4.78 is 11.6. The molecule has 1 fully saturated rings. The molecule has 0 saturated carbocycles. The maximum atomic E-state index is 5.96. The Bertz CT molecular complexity index is 563. The standard InChI is InChI=1S/C16H21N3O2/c1-12-4-5-15(17-10-13-6-7-18-19-13)16(9-12)21-11-14-3-2-8-20-14/h4-7,9,14,17H,2-3,8,10-11H2,1H3,(H,18,19)/t14-/m1/s1. The molecule has 5 nitrogen and oxygen atoms in total. The Hall–Kier alpha value is -2.01. The van der Waals surface area contributed by atoms with Crippen LogP contribution in [-0.2, 0) is 11.3 Å². The lowest BCUT2D eigenvalue weighted by Gasteiger charge is -2.16. The van der Waals surface area contributed by atoms with Crippen molar-refractivity contribution in [2.24, 2.45) is 0 Å². The highest BCUT2D eigenvalue weighted by molar-refractivity contribution is 5.57. The van der Waals surface area contributed by atoms with Crippen LogP contribution < -0.4 is 10.1 Å². The number of benzene rings is 1. The summed E-state index contributed by atoms with van der Waals surface area (Å²) in [6, 6.07) is 8.14. The highest BCUT2D eigenvalue weighted by atomic mass is 16.5. The van der Waals surface area contributed by atoms with E-state index in [0.29, 0.717) is 13.2 Å². The molecule has 1 aliphatic rings. The van der Waals surface area contributed by atoms with Gasteiger partial charge in [-0.1, -0.05) is 6.07 Å². The third kappa shape index (κ3) is 3.76. The van der Waals surface area contributed by atoms with E-state index in [1.165, 1.54) is 5.56 Å². The van der Waals surface area contributed by atoms with Crippen LogP contribution in [-0.4, -0.2) is 29.5 Å². The van der Waals surface area contributed by atoms with Crippen molar-refractivity contribution >= 4 is 5.69 Å². The minimum absolute atomic E-state index is 0.228. The van der Waals surface area contributed by atoms with Gasteiger partial charge in [-0.2, -0.15) is 5.10 Å². The molecule has 5 heteroatoms. The molecule has 0 aliphatic carbocycles. The minimum Gasteiger partial charge on any atom is -0.489 e. The molecule has 1 aromatic carbocycles. The van der Waals surface area contributed by atoms with E-state index in [4.69, 9.17) is 9.47 Å². The SMILES string of the molecule is Cc1ccc(NCc2ccn[nH]2)c(OC[C@H]2CCCO2)c1. The number of hydrogen-bond acceptors (Lipinski definition) is 4. The Kier molecular flexibility index (Phi) is 4.40. The summed E-state index contributed by atoms with van der Waals surface area (Å²) in [5, 5.41) is 10.3. The number of anilines is 1. The number of rotatable bonds is 6. The van der Waals surface area contributed by atoms with Crippen molar-refractivity contribution in [2.75, 3.05) is 18.5 Å². The topological polar surface area (TPSA) is 59.2 Å². The van der Waals surface area contributed by atoms with Crippen LogP contribution in [0, 0.1) is 6.92 Å². The highest BCUT2D eigenvalue weighted by Gasteiger charge is 2.16. The first-order chi connectivity index (χ1) is 10.3. The van der Waals surface area contributed by atoms with Crippen molar-refractivity contribution in [2.45, 2.75) is 32.4 Å². The lowest BCUT2D eigenvalue weighted by molar-refractivity contribution is 0.0682.